The Kier molecular flexibility index (Phi) is 4.04. The second-order valence-corrected chi connectivity index (χ2v) is 4.08. The van der Waals surface area contributed by atoms with E-state index in [9.17, 15) is 0 Å². The van der Waals surface area contributed by atoms with Gasteiger partial charge in [-0.2, -0.15) is 10.4 Å². The van der Waals surface area contributed by atoms with Gasteiger partial charge in [0.05, 0.1) is 30.6 Å². The molecule has 98 valence electrons. The van der Waals surface area contributed by atoms with E-state index in [1.54, 1.807) is 19.2 Å². The Hall–Kier alpha value is -2.48. The molecular formula is C14H16N4O. The molecule has 0 saturated heterocycles. The molecular weight excluding hydrogens is 240 g/mol. The van der Waals surface area contributed by atoms with E-state index in [4.69, 9.17) is 10.00 Å². The average Bonchev–Trinajstić information content (AvgIpc) is 2.92. The first-order valence-corrected chi connectivity index (χ1v) is 6.10. The van der Waals surface area contributed by atoms with Crippen molar-refractivity contribution in [2.45, 2.75) is 20.0 Å². The quantitative estimate of drug-likeness (QED) is 0.892. The normalized spacial score (nSPS) is 9.95. The lowest BCUT2D eigenvalue weighted by Crippen LogP contribution is -2.01. The molecule has 0 spiro atoms. The Morgan fingerprint density at radius 3 is 2.95 bits per heavy atom. The van der Waals surface area contributed by atoms with Crippen LogP contribution in [0.1, 0.15) is 18.1 Å². The molecule has 1 N–H and O–H groups in total. The number of hydrogen-bond donors (Lipinski definition) is 1. The number of rotatable bonds is 5. The van der Waals surface area contributed by atoms with Crippen LogP contribution in [-0.4, -0.2) is 16.9 Å². The Morgan fingerprint density at radius 2 is 2.32 bits per heavy atom. The van der Waals surface area contributed by atoms with Crippen LogP contribution in [0.5, 0.6) is 5.75 Å². The second-order valence-electron chi connectivity index (χ2n) is 4.08. The van der Waals surface area contributed by atoms with Gasteiger partial charge in [-0.3, -0.25) is 4.68 Å². The standard InChI is InChI=1S/C14H16N4O/c1-3-18-10-12(9-17-18)8-16-13-5-4-11(7-15)6-14(13)19-2/h4-6,9-10,16H,3,8H2,1-2H3. The Balaban J connectivity index is 2.08. The van der Waals surface area contributed by atoms with Gasteiger partial charge in [0.15, 0.2) is 0 Å². The number of nitrogens with one attached hydrogen (secondary N) is 1. The number of ether oxygens (including phenoxy) is 1. The first-order chi connectivity index (χ1) is 9.26. The van der Waals surface area contributed by atoms with Gasteiger partial charge in [-0.25, -0.2) is 0 Å². The zero-order valence-electron chi connectivity index (χ0n) is 11.1. The summed E-state index contributed by atoms with van der Waals surface area (Å²) in [6.07, 6.45) is 3.84. The minimum atomic E-state index is 0.584. The fourth-order valence-corrected chi connectivity index (χ4v) is 1.77. The molecule has 2 rings (SSSR count). The summed E-state index contributed by atoms with van der Waals surface area (Å²) in [7, 11) is 1.59. The smallest absolute Gasteiger partial charge is 0.143 e. The molecule has 0 aliphatic rings. The van der Waals surface area contributed by atoms with E-state index in [0.29, 0.717) is 17.9 Å². The third-order valence-corrected chi connectivity index (χ3v) is 2.82. The fraction of sp³-hybridized carbons (Fsp3) is 0.286. The maximum Gasteiger partial charge on any atom is 0.143 e. The zero-order valence-corrected chi connectivity index (χ0v) is 11.1. The highest BCUT2D eigenvalue weighted by Gasteiger charge is 2.05. The summed E-state index contributed by atoms with van der Waals surface area (Å²) in [5.74, 6) is 0.668. The summed E-state index contributed by atoms with van der Waals surface area (Å²) < 4.78 is 7.15. The van der Waals surface area contributed by atoms with E-state index in [2.05, 4.69) is 16.5 Å². The molecule has 1 aromatic heterocycles. The van der Waals surface area contributed by atoms with E-state index in [-0.39, 0.29) is 0 Å². The summed E-state index contributed by atoms with van der Waals surface area (Å²) in [4.78, 5) is 0. The highest BCUT2D eigenvalue weighted by molar-refractivity contribution is 5.59. The van der Waals surface area contributed by atoms with Gasteiger partial charge in [0, 0.05) is 30.9 Å². The van der Waals surface area contributed by atoms with Crippen LogP contribution in [0.2, 0.25) is 0 Å². The third-order valence-electron chi connectivity index (χ3n) is 2.82. The van der Waals surface area contributed by atoms with Crippen molar-refractivity contribution in [3.63, 3.8) is 0 Å². The van der Waals surface area contributed by atoms with E-state index in [1.807, 2.05) is 30.1 Å². The maximum absolute atomic E-state index is 8.85. The molecule has 19 heavy (non-hydrogen) atoms. The Bertz CT molecular complexity index is 598. The number of nitrogens with zero attached hydrogens (tertiary/aromatic N) is 3. The van der Waals surface area contributed by atoms with Crippen molar-refractivity contribution < 1.29 is 4.74 Å². The lowest BCUT2D eigenvalue weighted by Gasteiger charge is -2.10. The molecule has 0 saturated carbocycles. The van der Waals surface area contributed by atoms with Crippen molar-refractivity contribution in [2.24, 2.45) is 0 Å². The molecule has 0 bridgehead atoms. The molecule has 0 atom stereocenters. The summed E-state index contributed by atoms with van der Waals surface area (Å²) >= 11 is 0. The topological polar surface area (TPSA) is 62.9 Å². The minimum absolute atomic E-state index is 0.584. The van der Waals surface area contributed by atoms with Gasteiger partial charge in [-0.05, 0) is 19.1 Å². The fourth-order valence-electron chi connectivity index (χ4n) is 1.77. The van der Waals surface area contributed by atoms with Gasteiger partial charge >= 0.3 is 0 Å². The molecule has 2 aromatic rings. The number of hydrogen-bond acceptors (Lipinski definition) is 4. The zero-order chi connectivity index (χ0) is 13.7. The van der Waals surface area contributed by atoms with Gasteiger partial charge in [0.1, 0.15) is 5.75 Å². The van der Waals surface area contributed by atoms with Crippen LogP contribution in [0.4, 0.5) is 5.69 Å². The van der Waals surface area contributed by atoms with Crippen LogP contribution in [0.3, 0.4) is 0 Å². The van der Waals surface area contributed by atoms with Crippen molar-refractivity contribution in [1.82, 2.24) is 9.78 Å². The highest BCUT2D eigenvalue weighted by Crippen LogP contribution is 2.25. The van der Waals surface area contributed by atoms with Crippen LogP contribution in [-0.2, 0) is 13.1 Å². The third kappa shape index (κ3) is 3.05. The SMILES string of the molecule is CCn1cc(CNc2ccc(C#N)cc2OC)cn1. The van der Waals surface area contributed by atoms with Gasteiger partial charge in [-0.1, -0.05) is 0 Å². The van der Waals surface area contributed by atoms with E-state index in [1.165, 1.54) is 0 Å². The van der Waals surface area contributed by atoms with Crippen molar-refractivity contribution in [1.29, 1.82) is 5.26 Å². The predicted molar refractivity (Wildman–Crippen MR) is 72.9 cm³/mol. The molecule has 1 heterocycles. The summed E-state index contributed by atoms with van der Waals surface area (Å²) in [5, 5.41) is 16.4. The van der Waals surface area contributed by atoms with Gasteiger partial charge < -0.3 is 10.1 Å². The summed E-state index contributed by atoms with van der Waals surface area (Å²) in [6, 6.07) is 7.43. The van der Waals surface area contributed by atoms with Crippen LogP contribution in [0.15, 0.2) is 30.6 Å². The second kappa shape index (κ2) is 5.91. The number of anilines is 1. The molecule has 0 amide bonds. The molecule has 5 heteroatoms. The number of methoxy groups -OCH3 is 1. The molecule has 0 fully saturated rings. The summed E-state index contributed by atoms with van der Waals surface area (Å²) in [5.41, 5.74) is 2.56. The minimum Gasteiger partial charge on any atom is -0.495 e. The van der Waals surface area contributed by atoms with E-state index in [0.717, 1.165) is 17.8 Å². The largest absolute Gasteiger partial charge is 0.495 e. The highest BCUT2D eigenvalue weighted by atomic mass is 16.5. The maximum atomic E-state index is 8.85. The Morgan fingerprint density at radius 1 is 1.47 bits per heavy atom. The molecule has 5 nitrogen and oxygen atoms in total. The average molecular weight is 256 g/mol. The first kappa shape index (κ1) is 13.0. The predicted octanol–water partition coefficient (Wildman–Crippen LogP) is 2.40. The molecule has 0 aliphatic carbocycles. The van der Waals surface area contributed by atoms with Crippen molar-refractivity contribution in [3.05, 3.63) is 41.7 Å². The monoisotopic (exact) mass is 256 g/mol. The van der Waals surface area contributed by atoms with Crippen molar-refractivity contribution in [2.75, 3.05) is 12.4 Å². The van der Waals surface area contributed by atoms with Crippen LogP contribution >= 0.6 is 0 Å². The molecule has 0 radical (unpaired) electrons. The lowest BCUT2D eigenvalue weighted by molar-refractivity contribution is 0.416. The number of nitriles is 1. The van der Waals surface area contributed by atoms with Crippen LogP contribution in [0.25, 0.3) is 0 Å². The molecule has 0 aliphatic heterocycles. The number of aromatic nitrogens is 2. The Labute approximate surface area is 112 Å². The van der Waals surface area contributed by atoms with Crippen LogP contribution < -0.4 is 10.1 Å². The summed E-state index contributed by atoms with van der Waals surface area (Å²) in [6.45, 7) is 3.58. The van der Waals surface area contributed by atoms with Crippen LogP contribution in [0, 0.1) is 11.3 Å². The van der Waals surface area contributed by atoms with Crippen molar-refractivity contribution >= 4 is 5.69 Å². The molecule has 0 unspecified atom stereocenters. The van der Waals surface area contributed by atoms with Crippen molar-refractivity contribution in [3.8, 4) is 11.8 Å². The van der Waals surface area contributed by atoms with E-state index < -0.39 is 0 Å². The van der Waals surface area contributed by atoms with Gasteiger partial charge in [0.25, 0.3) is 0 Å². The van der Waals surface area contributed by atoms with Gasteiger partial charge in [-0.15, -0.1) is 0 Å². The first-order valence-electron chi connectivity index (χ1n) is 6.10. The van der Waals surface area contributed by atoms with E-state index >= 15 is 0 Å². The number of aryl methyl sites for hydroxylation is 1. The molecule has 1 aromatic carbocycles. The van der Waals surface area contributed by atoms with Gasteiger partial charge in [0.2, 0.25) is 0 Å². The number of benzene rings is 1. The lowest BCUT2D eigenvalue weighted by atomic mass is 10.2.